The maximum absolute atomic E-state index is 13.7. The molecule has 0 saturated heterocycles. The first-order valence-electron chi connectivity index (χ1n) is 6.41. The van der Waals surface area contributed by atoms with Gasteiger partial charge < -0.3 is 15.2 Å². The smallest absolute Gasteiger partial charge is 0.129 e. The molecule has 0 saturated carbocycles. The van der Waals surface area contributed by atoms with Crippen molar-refractivity contribution in [3.05, 3.63) is 65.0 Å². The van der Waals surface area contributed by atoms with Crippen LogP contribution in [0, 0.1) is 5.82 Å². The number of halogens is 1. The maximum Gasteiger partial charge on any atom is 0.129 e. The Morgan fingerprint density at radius 3 is 2.60 bits per heavy atom. The highest BCUT2D eigenvalue weighted by molar-refractivity contribution is 5.28. The highest BCUT2D eigenvalue weighted by Gasteiger charge is 2.04. The van der Waals surface area contributed by atoms with Crippen LogP contribution in [0.4, 0.5) is 4.39 Å². The van der Waals surface area contributed by atoms with Crippen molar-refractivity contribution in [1.82, 2.24) is 0 Å². The first kappa shape index (κ1) is 14.5. The molecule has 0 aliphatic heterocycles. The Labute approximate surface area is 118 Å². The summed E-state index contributed by atoms with van der Waals surface area (Å²) in [5, 5.41) is 0. The van der Waals surface area contributed by atoms with Crippen LogP contribution in [0.5, 0.6) is 5.75 Å². The van der Waals surface area contributed by atoms with Gasteiger partial charge in [-0.05, 0) is 29.3 Å². The third-order valence-electron chi connectivity index (χ3n) is 3.01. The quantitative estimate of drug-likeness (QED) is 0.881. The zero-order valence-electron chi connectivity index (χ0n) is 11.4. The molecule has 0 atom stereocenters. The molecule has 2 rings (SSSR count). The molecule has 106 valence electrons. The van der Waals surface area contributed by atoms with Gasteiger partial charge in [-0.2, -0.15) is 0 Å². The molecule has 2 N–H and O–H groups in total. The van der Waals surface area contributed by atoms with Crippen molar-refractivity contribution in [2.24, 2.45) is 5.73 Å². The second-order valence-corrected chi connectivity index (χ2v) is 4.47. The molecule has 20 heavy (non-hydrogen) atoms. The molecule has 0 heterocycles. The van der Waals surface area contributed by atoms with Crippen molar-refractivity contribution < 1.29 is 13.9 Å². The number of hydrogen-bond acceptors (Lipinski definition) is 3. The Kier molecular flexibility index (Phi) is 5.09. The summed E-state index contributed by atoms with van der Waals surface area (Å²) < 4.78 is 24.4. The molecule has 0 aromatic heterocycles. The Morgan fingerprint density at radius 2 is 1.90 bits per heavy atom. The van der Waals surface area contributed by atoms with Gasteiger partial charge in [0, 0.05) is 12.1 Å². The monoisotopic (exact) mass is 275 g/mol. The molecule has 0 bridgehead atoms. The third-order valence-corrected chi connectivity index (χ3v) is 3.01. The highest BCUT2D eigenvalue weighted by Crippen LogP contribution is 2.15. The number of benzene rings is 2. The minimum absolute atomic E-state index is 0.230. The van der Waals surface area contributed by atoms with Crippen LogP contribution in [0.1, 0.15) is 16.7 Å². The van der Waals surface area contributed by atoms with Crippen molar-refractivity contribution in [2.75, 3.05) is 7.11 Å². The standard InChI is InChI=1S/C16H18FNO2/c1-19-15-4-2-3-13(7-15)10-20-11-14-6-5-12(9-18)8-16(14)17/h2-8H,9-11,18H2,1H3. The van der Waals surface area contributed by atoms with Gasteiger partial charge in [-0.1, -0.05) is 24.3 Å². The number of methoxy groups -OCH3 is 1. The van der Waals surface area contributed by atoms with Crippen LogP contribution in [0.3, 0.4) is 0 Å². The molecular formula is C16H18FNO2. The summed E-state index contributed by atoms with van der Waals surface area (Å²) in [6.45, 7) is 0.977. The molecule has 4 heteroatoms. The minimum atomic E-state index is -0.279. The summed E-state index contributed by atoms with van der Waals surface area (Å²) in [5.41, 5.74) is 7.76. The first-order chi connectivity index (χ1) is 9.72. The van der Waals surface area contributed by atoms with Gasteiger partial charge in [-0.15, -0.1) is 0 Å². The van der Waals surface area contributed by atoms with E-state index in [9.17, 15) is 4.39 Å². The van der Waals surface area contributed by atoms with Gasteiger partial charge in [0.1, 0.15) is 11.6 Å². The van der Waals surface area contributed by atoms with E-state index >= 15 is 0 Å². The van der Waals surface area contributed by atoms with Crippen molar-refractivity contribution >= 4 is 0 Å². The molecule has 2 aromatic rings. The van der Waals surface area contributed by atoms with Crippen LogP contribution < -0.4 is 10.5 Å². The molecule has 0 spiro atoms. The van der Waals surface area contributed by atoms with Crippen LogP contribution in [0.2, 0.25) is 0 Å². The van der Waals surface area contributed by atoms with Gasteiger partial charge >= 0.3 is 0 Å². The van der Waals surface area contributed by atoms with Crippen molar-refractivity contribution in [2.45, 2.75) is 19.8 Å². The van der Waals surface area contributed by atoms with Gasteiger partial charge in [0.05, 0.1) is 20.3 Å². The van der Waals surface area contributed by atoms with E-state index in [0.29, 0.717) is 18.7 Å². The van der Waals surface area contributed by atoms with Gasteiger partial charge in [0.2, 0.25) is 0 Å². The van der Waals surface area contributed by atoms with Gasteiger partial charge in [0.15, 0.2) is 0 Å². The molecule has 0 fully saturated rings. The lowest BCUT2D eigenvalue weighted by molar-refractivity contribution is 0.104. The lowest BCUT2D eigenvalue weighted by atomic mass is 10.1. The molecule has 0 unspecified atom stereocenters. The fourth-order valence-electron chi connectivity index (χ4n) is 1.88. The Morgan fingerprint density at radius 1 is 1.05 bits per heavy atom. The number of hydrogen-bond donors (Lipinski definition) is 1. The van der Waals surface area contributed by atoms with Gasteiger partial charge in [0.25, 0.3) is 0 Å². The predicted octanol–water partition coefficient (Wildman–Crippen LogP) is 3.01. The average molecular weight is 275 g/mol. The van der Waals surface area contributed by atoms with E-state index in [1.54, 1.807) is 13.2 Å². The van der Waals surface area contributed by atoms with Gasteiger partial charge in [-0.25, -0.2) is 4.39 Å². The van der Waals surface area contributed by atoms with Crippen LogP contribution in [-0.4, -0.2) is 7.11 Å². The molecule has 2 aromatic carbocycles. The van der Waals surface area contributed by atoms with E-state index in [2.05, 4.69) is 0 Å². The lowest BCUT2D eigenvalue weighted by Crippen LogP contribution is -2.01. The Hall–Kier alpha value is -1.91. The second kappa shape index (κ2) is 7.03. The summed E-state index contributed by atoms with van der Waals surface area (Å²) in [4.78, 5) is 0. The summed E-state index contributed by atoms with van der Waals surface area (Å²) >= 11 is 0. The number of rotatable bonds is 6. The molecule has 0 radical (unpaired) electrons. The Balaban J connectivity index is 1.92. The molecular weight excluding hydrogens is 257 g/mol. The third kappa shape index (κ3) is 3.79. The number of nitrogens with two attached hydrogens (primary N) is 1. The summed E-state index contributed by atoms with van der Waals surface area (Å²) in [6, 6.07) is 12.6. The summed E-state index contributed by atoms with van der Waals surface area (Å²) in [6.07, 6.45) is 0. The SMILES string of the molecule is COc1cccc(COCc2ccc(CN)cc2F)c1. The zero-order valence-corrected chi connectivity index (χ0v) is 11.4. The largest absolute Gasteiger partial charge is 0.497 e. The topological polar surface area (TPSA) is 44.5 Å². The fourth-order valence-corrected chi connectivity index (χ4v) is 1.88. The zero-order chi connectivity index (χ0) is 14.4. The molecule has 0 aliphatic carbocycles. The molecule has 0 aliphatic rings. The predicted molar refractivity (Wildman–Crippen MR) is 75.8 cm³/mol. The van der Waals surface area contributed by atoms with Crippen LogP contribution in [0.15, 0.2) is 42.5 Å². The van der Waals surface area contributed by atoms with Crippen molar-refractivity contribution in [3.8, 4) is 5.75 Å². The van der Waals surface area contributed by atoms with E-state index in [-0.39, 0.29) is 12.4 Å². The van der Waals surface area contributed by atoms with E-state index in [1.807, 2.05) is 30.3 Å². The maximum atomic E-state index is 13.7. The first-order valence-corrected chi connectivity index (χ1v) is 6.41. The lowest BCUT2D eigenvalue weighted by Gasteiger charge is -2.08. The van der Waals surface area contributed by atoms with Gasteiger partial charge in [-0.3, -0.25) is 0 Å². The Bertz CT molecular complexity index is 572. The summed E-state index contributed by atoms with van der Waals surface area (Å²) in [5.74, 6) is 0.503. The fraction of sp³-hybridized carbons (Fsp3) is 0.250. The molecule has 0 amide bonds. The number of ether oxygens (including phenoxy) is 2. The minimum Gasteiger partial charge on any atom is -0.497 e. The highest BCUT2D eigenvalue weighted by atomic mass is 19.1. The van der Waals surface area contributed by atoms with Crippen LogP contribution in [-0.2, 0) is 24.5 Å². The van der Waals surface area contributed by atoms with E-state index in [0.717, 1.165) is 16.9 Å². The van der Waals surface area contributed by atoms with Crippen LogP contribution in [0.25, 0.3) is 0 Å². The molecule has 3 nitrogen and oxygen atoms in total. The van der Waals surface area contributed by atoms with E-state index in [4.69, 9.17) is 15.2 Å². The van der Waals surface area contributed by atoms with Crippen LogP contribution >= 0.6 is 0 Å². The summed E-state index contributed by atoms with van der Waals surface area (Å²) in [7, 11) is 1.62. The van der Waals surface area contributed by atoms with E-state index < -0.39 is 0 Å². The van der Waals surface area contributed by atoms with E-state index in [1.165, 1.54) is 6.07 Å². The average Bonchev–Trinajstić information content (AvgIpc) is 2.49. The van der Waals surface area contributed by atoms with Crippen molar-refractivity contribution in [1.29, 1.82) is 0 Å². The second-order valence-electron chi connectivity index (χ2n) is 4.47. The normalized spacial score (nSPS) is 10.6. The van der Waals surface area contributed by atoms with Crippen molar-refractivity contribution in [3.63, 3.8) is 0 Å².